The highest BCUT2D eigenvalue weighted by molar-refractivity contribution is 7.98. The van der Waals surface area contributed by atoms with Crippen LogP contribution in [0.4, 0.5) is 11.8 Å². The van der Waals surface area contributed by atoms with Crippen LogP contribution in [0.3, 0.4) is 0 Å². The molecule has 0 saturated heterocycles. The maximum absolute atomic E-state index is 12.6. The number of benzene rings is 1. The summed E-state index contributed by atoms with van der Waals surface area (Å²) >= 11 is 7.69. The minimum atomic E-state index is -0.372. The van der Waals surface area contributed by atoms with Crippen LogP contribution in [-0.2, 0) is 17.1 Å². The Labute approximate surface area is 177 Å². The second-order valence-electron chi connectivity index (χ2n) is 6.00. The summed E-state index contributed by atoms with van der Waals surface area (Å²) in [5, 5.41) is 15.0. The molecule has 0 bridgehead atoms. The number of hydrogen-bond acceptors (Lipinski definition) is 6. The normalized spacial score (nSPS) is 10.6. The molecule has 3 aromatic rings. The van der Waals surface area contributed by atoms with Crippen molar-refractivity contribution in [1.29, 1.82) is 0 Å². The number of hydrogen-bond donors (Lipinski definition) is 2. The Hall–Kier alpha value is -2.91. The van der Waals surface area contributed by atoms with Crippen molar-refractivity contribution >= 4 is 46.9 Å². The second kappa shape index (κ2) is 9.53. The molecule has 0 spiro atoms. The van der Waals surface area contributed by atoms with Crippen molar-refractivity contribution in [3.05, 3.63) is 58.7 Å². The minimum absolute atomic E-state index is 0.263. The largest absolute Gasteiger partial charge is 0.311 e. The quantitative estimate of drug-likeness (QED) is 0.552. The maximum atomic E-state index is 12.6. The third-order valence-electron chi connectivity index (χ3n) is 3.90. The van der Waals surface area contributed by atoms with Gasteiger partial charge in [0.25, 0.3) is 5.91 Å². The van der Waals surface area contributed by atoms with Crippen LogP contribution in [0.25, 0.3) is 0 Å². The summed E-state index contributed by atoms with van der Waals surface area (Å²) in [6, 6.07) is 10.7. The van der Waals surface area contributed by atoms with Gasteiger partial charge in [-0.1, -0.05) is 41.6 Å². The number of pyridine rings is 1. The first-order valence-electron chi connectivity index (χ1n) is 8.82. The summed E-state index contributed by atoms with van der Waals surface area (Å²) in [5.41, 5.74) is 1.34. The fraction of sp³-hybridized carbons (Fsp3) is 0.211. The Bertz CT molecular complexity index is 1040. The highest BCUT2D eigenvalue weighted by Gasteiger charge is 2.16. The van der Waals surface area contributed by atoms with E-state index in [4.69, 9.17) is 11.6 Å². The Balaban J connectivity index is 1.72. The lowest BCUT2D eigenvalue weighted by Crippen LogP contribution is -2.17. The number of carbonyl (C=O) groups is 2. The predicted molar refractivity (Wildman–Crippen MR) is 113 cm³/mol. The number of aromatic nitrogens is 4. The summed E-state index contributed by atoms with van der Waals surface area (Å²) in [7, 11) is 0. The van der Waals surface area contributed by atoms with Crippen LogP contribution in [0, 0.1) is 0 Å². The van der Waals surface area contributed by atoms with Gasteiger partial charge in [-0.25, -0.2) is 4.98 Å². The molecule has 0 unspecified atom stereocenters. The third kappa shape index (κ3) is 5.33. The van der Waals surface area contributed by atoms with Crippen LogP contribution in [0.1, 0.15) is 29.8 Å². The van der Waals surface area contributed by atoms with E-state index in [-0.39, 0.29) is 11.8 Å². The van der Waals surface area contributed by atoms with E-state index in [0.29, 0.717) is 39.8 Å². The smallest absolute Gasteiger partial charge is 0.258 e. The van der Waals surface area contributed by atoms with Crippen LogP contribution in [-0.4, -0.2) is 31.6 Å². The van der Waals surface area contributed by atoms with Crippen LogP contribution in [0.2, 0.25) is 5.02 Å². The lowest BCUT2D eigenvalue weighted by atomic mass is 10.2. The zero-order valence-corrected chi connectivity index (χ0v) is 17.4. The molecule has 0 saturated carbocycles. The summed E-state index contributed by atoms with van der Waals surface area (Å²) in [4.78, 5) is 27.8. The minimum Gasteiger partial charge on any atom is -0.311 e. The standard InChI is InChI=1S/C19H19ClN6O2S/c1-3-26-18(23-17(28)13-8-9-21-16(10-13)22-12(2)27)24-25-19(26)29-11-14-6-4-5-7-15(14)20/h4-10H,3,11H2,1-2H3,(H,21,22,27)(H,23,24,28). The molecule has 0 radical (unpaired) electrons. The lowest BCUT2D eigenvalue weighted by molar-refractivity contribution is -0.114. The average Bonchev–Trinajstić information content (AvgIpc) is 3.08. The van der Waals surface area contributed by atoms with Gasteiger partial charge >= 0.3 is 0 Å². The molecule has 0 aliphatic carbocycles. The highest BCUT2D eigenvalue weighted by atomic mass is 35.5. The SMILES string of the molecule is CCn1c(NC(=O)c2ccnc(NC(C)=O)c2)nnc1SCc1ccccc1Cl. The van der Waals surface area contributed by atoms with E-state index in [9.17, 15) is 9.59 Å². The number of nitrogens with zero attached hydrogens (tertiary/aromatic N) is 4. The summed E-state index contributed by atoms with van der Waals surface area (Å²) < 4.78 is 1.81. The summed E-state index contributed by atoms with van der Waals surface area (Å²) in [6.45, 7) is 3.90. The Morgan fingerprint density at radius 1 is 1.17 bits per heavy atom. The number of anilines is 2. The van der Waals surface area contributed by atoms with Gasteiger partial charge in [0.2, 0.25) is 11.9 Å². The van der Waals surface area contributed by atoms with Gasteiger partial charge in [-0.15, -0.1) is 10.2 Å². The van der Waals surface area contributed by atoms with Crippen molar-refractivity contribution in [2.75, 3.05) is 10.6 Å². The molecule has 2 amide bonds. The molecular weight excluding hydrogens is 412 g/mol. The molecule has 0 aliphatic rings. The van der Waals surface area contributed by atoms with Gasteiger partial charge in [0.05, 0.1) is 0 Å². The van der Waals surface area contributed by atoms with Gasteiger partial charge in [0, 0.05) is 36.0 Å². The fourth-order valence-electron chi connectivity index (χ4n) is 2.52. The molecule has 0 aliphatic heterocycles. The summed E-state index contributed by atoms with van der Waals surface area (Å²) in [5.74, 6) is 0.649. The number of halogens is 1. The van der Waals surface area contributed by atoms with Gasteiger partial charge < -0.3 is 5.32 Å². The molecule has 2 heterocycles. The zero-order valence-electron chi connectivity index (χ0n) is 15.8. The van der Waals surface area contributed by atoms with Crippen LogP contribution >= 0.6 is 23.4 Å². The fourth-order valence-corrected chi connectivity index (χ4v) is 3.81. The lowest BCUT2D eigenvalue weighted by Gasteiger charge is -2.09. The molecule has 10 heteroatoms. The van der Waals surface area contributed by atoms with E-state index in [0.717, 1.165) is 5.56 Å². The zero-order chi connectivity index (χ0) is 20.8. The highest BCUT2D eigenvalue weighted by Crippen LogP contribution is 2.27. The number of thioether (sulfide) groups is 1. The van der Waals surface area contributed by atoms with E-state index >= 15 is 0 Å². The molecule has 3 rings (SSSR count). The van der Waals surface area contributed by atoms with Gasteiger partial charge in [-0.3, -0.25) is 19.5 Å². The molecule has 2 aromatic heterocycles. The number of amides is 2. The first-order valence-corrected chi connectivity index (χ1v) is 10.2. The van der Waals surface area contributed by atoms with Crippen LogP contribution < -0.4 is 10.6 Å². The van der Waals surface area contributed by atoms with Crippen LogP contribution in [0.15, 0.2) is 47.8 Å². The van der Waals surface area contributed by atoms with Crippen molar-refractivity contribution in [1.82, 2.24) is 19.7 Å². The first-order chi connectivity index (χ1) is 14.0. The van der Waals surface area contributed by atoms with Gasteiger partial charge in [0.15, 0.2) is 5.16 Å². The monoisotopic (exact) mass is 430 g/mol. The molecule has 1 aromatic carbocycles. The maximum Gasteiger partial charge on any atom is 0.258 e. The number of carbonyl (C=O) groups excluding carboxylic acids is 2. The van der Waals surface area contributed by atoms with E-state index in [1.54, 1.807) is 6.07 Å². The Kier molecular flexibility index (Phi) is 6.84. The number of rotatable bonds is 7. The molecule has 150 valence electrons. The Morgan fingerprint density at radius 3 is 2.69 bits per heavy atom. The molecule has 0 atom stereocenters. The van der Waals surface area contributed by atoms with E-state index in [2.05, 4.69) is 25.8 Å². The molecular formula is C19H19ClN6O2S. The molecule has 2 N–H and O–H groups in total. The molecule has 29 heavy (non-hydrogen) atoms. The van der Waals surface area contributed by atoms with Crippen molar-refractivity contribution in [3.63, 3.8) is 0 Å². The predicted octanol–water partition coefficient (Wildman–Crippen LogP) is 3.85. The summed E-state index contributed by atoms with van der Waals surface area (Å²) in [6.07, 6.45) is 1.45. The van der Waals surface area contributed by atoms with Crippen molar-refractivity contribution in [2.24, 2.45) is 0 Å². The molecule has 0 fully saturated rings. The first kappa shape index (κ1) is 20.8. The van der Waals surface area contributed by atoms with Crippen molar-refractivity contribution < 1.29 is 9.59 Å². The van der Waals surface area contributed by atoms with Crippen molar-refractivity contribution in [3.8, 4) is 0 Å². The van der Waals surface area contributed by atoms with E-state index in [1.165, 1.54) is 30.9 Å². The average molecular weight is 431 g/mol. The van der Waals surface area contributed by atoms with Crippen LogP contribution in [0.5, 0.6) is 0 Å². The van der Waals surface area contributed by atoms with Crippen molar-refractivity contribution in [2.45, 2.75) is 31.3 Å². The van der Waals surface area contributed by atoms with Gasteiger partial charge in [0.1, 0.15) is 5.82 Å². The topological polar surface area (TPSA) is 102 Å². The Morgan fingerprint density at radius 2 is 1.97 bits per heavy atom. The molecule has 8 nitrogen and oxygen atoms in total. The number of nitrogens with one attached hydrogen (secondary N) is 2. The second-order valence-corrected chi connectivity index (χ2v) is 7.35. The third-order valence-corrected chi connectivity index (χ3v) is 5.28. The van der Waals surface area contributed by atoms with E-state index < -0.39 is 0 Å². The van der Waals surface area contributed by atoms with E-state index in [1.807, 2.05) is 35.8 Å². The van der Waals surface area contributed by atoms with Gasteiger partial charge in [-0.05, 0) is 30.7 Å². The van der Waals surface area contributed by atoms with Gasteiger partial charge in [-0.2, -0.15) is 0 Å².